The Morgan fingerprint density at radius 1 is 1.36 bits per heavy atom. The number of ether oxygens (including phenoxy) is 2. The van der Waals surface area contributed by atoms with Crippen molar-refractivity contribution in [1.82, 2.24) is 9.88 Å². The number of nitrogens with zero attached hydrogens (tertiary/aromatic N) is 1. The lowest BCUT2D eigenvalue weighted by Gasteiger charge is -2.41. The average molecular weight is 397 g/mol. The Morgan fingerprint density at radius 3 is 3.04 bits per heavy atom. The lowest BCUT2D eigenvalue weighted by molar-refractivity contribution is -0.00946. The third-order valence-corrected chi connectivity index (χ3v) is 6.02. The third-order valence-electron chi connectivity index (χ3n) is 5.69. The Balaban J connectivity index is 1.65. The van der Waals surface area contributed by atoms with E-state index < -0.39 is 0 Å². The molecule has 6 heteroatoms. The molecule has 5 nitrogen and oxygen atoms in total. The van der Waals surface area contributed by atoms with Crippen LogP contribution in [0.15, 0.2) is 30.3 Å². The molecular weight excluding hydrogens is 376 g/mol. The molecule has 1 N–H and O–H groups in total. The van der Waals surface area contributed by atoms with Gasteiger partial charge >= 0.3 is 5.97 Å². The Bertz CT molecular complexity index is 1100. The van der Waals surface area contributed by atoms with E-state index in [2.05, 4.69) is 16.0 Å². The van der Waals surface area contributed by atoms with Crippen LogP contribution in [0.1, 0.15) is 45.9 Å². The van der Waals surface area contributed by atoms with Gasteiger partial charge in [-0.2, -0.15) is 0 Å². The van der Waals surface area contributed by atoms with E-state index in [4.69, 9.17) is 21.1 Å². The number of nitrogens with one attached hydrogen (secondary N) is 1. The number of hydrogen-bond donors (Lipinski definition) is 1. The monoisotopic (exact) mass is 396 g/mol. The quantitative estimate of drug-likeness (QED) is 0.635. The molecule has 0 radical (unpaired) electrons. The summed E-state index contributed by atoms with van der Waals surface area (Å²) >= 11 is 6.52. The molecule has 28 heavy (non-hydrogen) atoms. The van der Waals surface area contributed by atoms with E-state index in [1.54, 1.807) is 0 Å². The maximum Gasteiger partial charge on any atom is 0.340 e. The summed E-state index contributed by atoms with van der Waals surface area (Å²) in [5, 5.41) is 1.64. The van der Waals surface area contributed by atoms with E-state index in [1.165, 1.54) is 5.56 Å². The van der Waals surface area contributed by atoms with Crippen LogP contribution in [-0.4, -0.2) is 29.0 Å². The third kappa shape index (κ3) is 2.54. The predicted octanol–water partition coefficient (Wildman–Crippen LogP) is 4.76. The smallest absolute Gasteiger partial charge is 0.340 e. The maximum atomic E-state index is 12.6. The normalized spacial score (nSPS) is 18.2. The molecule has 0 fully saturated rings. The first-order valence-corrected chi connectivity index (χ1v) is 9.95. The van der Waals surface area contributed by atoms with Gasteiger partial charge in [0.25, 0.3) is 0 Å². The zero-order valence-corrected chi connectivity index (χ0v) is 16.6. The molecule has 1 unspecified atom stereocenters. The van der Waals surface area contributed by atoms with Gasteiger partial charge in [-0.25, -0.2) is 4.79 Å². The summed E-state index contributed by atoms with van der Waals surface area (Å²) in [6.45, 7) is 5.65. The highest BCUT2D eigenvalue weighted by Gasteiger charge is 2.36. The first-order valence-electron chi connectivity index (χ1n) is 9.57. The summed E-state index contributed by atoms with van der Waals surface area (Å²) in [6.07, 6.45) is 0.728. The van der Waals surface area contributed by atoms with Crippen molar-refractivity contribution in [2.75, 3.05) is 13.2 Å². The molecule has 144 valence electrons. The van der Waals surface area contributed by atoms with Gasteiger partial charge in [-0.3, -0.25) is 4.90 Å². The maximum absolute atomic E-state index is 12.6. The van der Waals surface area contributed by atoms with Gasteiger partial charge in [0.1, 0.15) is 5.75 Å². The van der Waals surface area contributed by atoms with Crippen LogP contribution < -0.4 is 4.74 Å². The summed E-state index contributed by atoms with van der Waals surface area (Å²) in [4.78, 5) is 18.2. The Kier molecular flexibility index (Phi) is 4.11. The fourth-order valence-corrected chi connectivity index (χ4v) is 4.74. The SMILES string of the molecule is CCOC(=O)c1c(C)[nH]c2ccc3c(c12)CN1CCc2cccc(Cl)c2C1O3. The molecule has 0 aliphatic carbocycles. The number of carbonyl (C=O) groups excluding carboxylic acids is 1. The van der Waals surface area contributed by atoms with Gasteiger partial charge in [-0.05, 0) is 44.0 Å². The van der Waals surface area contributed by atoms with E-state index in [0.29, 0.717) is 18.7 Å². The highest BCUT2D eigenvalue weighted by Crippen LogP contribution is 2.44. The topological polar surface area (TPSA) is 54.6 Å². The number of aromatic amines is 1. The molecular formula is C22H21ClN2O3. The fourth-order valence-electron chi connectivity index (χ4n) is 4.46. The summed E-state index contributed by atoms with van der Waals surface area (Å²) in [7, 11) is 0. The predicted molar refractivity (Wildman–Crippen MR) is 108 cm³/mol. The molecule has 0 bridgehead atoms. The second kappa shape index (κ2) is 6.54. The van der Waals surface area contributed by atoms with Crippen molar-refractivity contribution in [1.29, 1.82) is 0 Å². The number of H-pyrrole nitrogens is 1. The molecule has 0 saturated heterocycles. The highest BCUT2D eigenvalue weighted by molar-refractivity contribution is 6.31. The first kappa shape index (κ1) is 17.6. The van der Waals surface area contributed by atoms with E-state index in [9.17, 15) is 4.79 Å². The van der Waals surface area contributed by atoms with Crippen molar-refractivity contribution in [2.24, 2.45) is 0 Å². The van der Waals surface area contributed by atoms with Crippen LogP contribution in [0.25, 0.3) is 10.9 Å². The van der Waals surface area contributed by atoms with E-state index in [-0.39, 0.29) is 12.2 Å². The highest BCUT2D eigenvalue weighted by atomic mass is 35.5. The van der Waals surface area contributed by atoms with Crippen LogP contribution in [0.4, 0.5) is 0 Å². The number of carbonyl (C=O) groups is 1. The minimum atomic E-state index is -0.297. The van der Waals surface area contributed by atoms with Gasteiger partial charge < -0.3 is 14.5 Å². The standard InChI is InChI=1S/C22H21ClN2O3/c1-3-27-22(26)18-12(2)24-16-7-8-17-14(20(16)18)11-25-10-9-13-5-4-6-15(23)19(13)21(25)28-17/h4-8,21,24H,3,9-11H2,1-2H3. The van der Waals surface area contributed by atoms with E-state index >= 15 is 0 Å². The number of halogens is 1. The molecule has 2 aliphatic rings. The lowest BCUT2D eigenvalue weighted by atomic mass is 9.94. The van der Waals surface area contributed by atoms with Crippen LogP contribution in [-0.2, 0) is 17.7 Å². The van der Waals surface area contributed by atoms with Gasteiger partial charge in [0.05, 0.1) is 12.2 Å². The van der Waals surface area contributed by atoms with Crippen molar-refractivity contribution in [3.63, 3.8) is 0 Å². The molecule has 2 aromatic carbocycles. The Morgan fingerprint density at radius 2 is 2.21 bits per heavy atom. The number of esters is 1. The second-order valence-corrected chi connectivity index (χ2v) is 7.72. The first-order chi connectivity index (χ1) is 13.6. The van der Waals surface area contributed by atoms with E-state index in [1.807, 2.05) is 38.1 Å². The van der Waals surface area contributed by atoms with Crippen molar-refractivity contribution in [3.05, 3.63) is 63.3 Å². The molecule has 3 heterocycles. The largest absolute Gasteiger partial charge is 0.470 e. The van der Waals surface area contributed by atoms with Crippen LogP contribution in [0.2, 0.25) is 5.02 Å². The number of benzene rings is 2. The lowest BCUT2D eigenvalue weighted by Crippen LogP contribution is -2.41. The van der Waals surface area contributed by atoms with Crippen LogP contribution >= 0.6 is 11.6 Å². The van der Waals surface area contributed by atoms with Gasteiger partial charge in [0.2, 0.25) is 0 Å². The second-order valence-electron chi connectivity index (χ2n) is 7.31. The number of hydrogen-bond acceptors (Lipinski definition) is 4. The van der Waals surface area contributed by atoms with Crippen LogP contribution in [0, 0.1) is 6.92 Å². The minimum absolute atomic E-state index is 0.200. The zero-order chi connectivity index (χ0) is 19.4. The molecule has 2 aliphatic heterocycles. The average Bonchev–Trinajstić information content (AvgIpc) is 3.03. The molecule has 1 atom stereocenters. The number of fused-ring (bicyclic) bond motifs is 6. The van der Waals surface area contributed by atoms with Gasteiger partial charge in [0, 0.05) is 45.8 Å². The Hall–Kier alpha value is -2.50. The van der Waals surface area contributed by atoms with E-state index in [0.717, 1.165) is 51.5 Å². The van der Waals surface area contributed by atoms with Gasteiger partial charge in [-0.1, -0.05) is 23.7 Å². The Labute approximate surface area is 168 Å². The molecule has 0 amide bonds. The molecule has 0 saturated carbocycles. The van der Waals surface area contributed by atoms with Crippen molar-refractivity contribution in [2.45, 2.75) is 33.0 Å². The number of aromatic nitrogens is 1. The van der Waals surface area contributed by atoms with Crippen LogP contribution in [0.3, 0.4) is 0 Å². The molecule has 3 aromatic rings. The molecule has 0 spiro atoms. The summed E-state index contributed by atoms with van der Waals surface area (Å²) in [5.74, 6) is 0.500. The van der Waals surface area contributed by atoms with Crippen molar-refractivity contribution < 1.29 is 14.3 Å². The summed E-state index contributed by atoms with van der Waals surface area (Å²) in [6, 6.07) is 9.97. The minimum Gasteiger partial charge on any atom is -0.470 e. The zero-order valence-electron chi connectivity index (χ0n) is 15.8. The molecule has 1 aromatic heterocycles. The summed E-state index contributed by atoms with van der Waals surface area (Å²) < 4.78 is 11.7. The van der Waals surface area contributed by atoms with Crippen molar-refractivity contribution >= 4 is 28.5 Å². The van der Waals surface area contributed by atoms with Crippen molar-refractivity contribution in [3.8, 4) is 5.75 Å². The number of rotatable bonds is 2. The molecule has 5 rings (SSSR count). The van der Waals surface area contributed by atoms with Crippen LogP contribution in [0.5, 0.6) is 5.75 Å². The number of aryl methyl sites for hydroxylation is 1. The van der Waals surface area contributed by atoms with Gasteiger partial charge in [-0.15, -0.1) is 0 Å². The van der Waals surface area contributed by atoms with Gasteiger partial charge in [0.15, 0.2) is 6.23 Å². The summed E-state index contributed by atoms with van der Waals surface area (Å²) in [5.41, 5.74) is 5.66. The fraction of sp³-hybridized carbons (Fsp3) is 0.318.